The second-order valence-corrected chi connectivity index (χ2v) is 7.15. The van der Waals surface area contributed by atoms with Crippen LogP contribution in [0.1, 0.15) is 32.9 Å². The van der Waals surface area contributed by atoms with Crippen molar-refractivity contribution in [2.45, 2.75) is 51.5 Å². The van der Waals surface area contributed by atoms with Gasteiger partial charge in [0.05, 0.1) is 18.3 Å². The van der Waals surface area contributed by atoms with Crippen molar-refractivity contribution in [1.82, 2.24) is 14.8 Å². The van der Waals surface area contributed by atoms with Gasteiger partial charge in [-0.2, -0.15) is 0 Å². The summed E-state index contributed by atoms with van der Waals surface area (Å²) in [5, 5.41) is 0. The number of amides is 2. The van der Waals surface area contributed by atoms with Crippen molar-refractivity contribution in [3.63, 3.8) is 0 Å². The Morgan fingerprint density at radius 3 is 2.88 bits per heavy atom. The van der Waals surface area contributed by atoms with Crippen LogP contribution < -0.4 is 0 Å². The Kier molecular flexibility index (Phi) is 4.34. The summed E-state index contributed by atoms with van der Waals surface area (Å²) in [6.45, 7) is 6.84. The Hall–Kier alpha value is -2.31. The monoisotopic (exact) mass is 333 g/mol. The zero-order valence-electron chi connectivity index (χ0n) is 14.3. The summed E-state index contributed by atoms with van der Waals surface area (Å²) in [4.78, 5) is 32.1. The molecule has 2 fully saturated rings. The van der Waals surface area contributed by atoms with Crippen molar-refractivity contribution in [1.29, 1.82) is 0 Å². The van der Waals surface area contributed by atoms with Gasteiger partial charge in [-0.15, -0.1) is 0 Å². The highest BCUT2D eigenvalue weighted by Crippen LogP contribution is 2.29. The average Bonchev–Trinajstić information content (AvgIpc) is 2.82. The maximum Gasteiger partial charge on any atom is 0.410 e. The summed E-state index contributed by atoms with van der Waals surface area (Å²) in [7, 11) is 0. The molecule has 130 valence electrons. The minimum Gasteiger partial charge on any atom is -0.444 e. The fraction of sp³-hybridized carbons (Fsp3) is 0.588. The van der Waals surface area contributed by atoms with Gasteiger partial charge in [-0.3, -0.25) is 9.88 Å². The number of piperidine rings is 1. The van der Waals surface area contributed by atoms with Crippen molar-refractivity contribution >= 4 is 12.2 Å². The molecule has 7 nitrogen and oxygen atoms in total. The van der Waals surface area contributed by atoms with Crippen molar-refractivity contribution < 1.29 is 19.1 Å². The number of pyridine rings is 1. The van der Waals surface area contributed by atoms with Gasteiger partial charge in [0, 0.05) is 25.7 Å². The van der Waals surface area contributed by atoms with Crippen molar-refractivity contribution in [3.8, 4) is 0 Å². The van der Waals surface area contributed by atoms with Crippen LogP contribution in [-0.4, -0.2) is 57.8 Å². The molecule has 0 aromatic carbocycles. The SMILES string of the molecule is CC(C)(C)OC(=O)N1CCC2OC(=O)N(Cc3ccccn3)C2C1. The zero-order valence-corrected chi connectivity index (χ0v) is 14.3. The molecule has 2 amide bonds. The number of likely N-dealkylation sites (tertiary alicyclic amines) is 1. The van der Waals surface area contributed by atoms with E-state index in [-0.39, 0.29) is 24.3 Å². The molecular formula is C17H23N3O4. The van der Waals surface area contributed by atoms with Crippen LogP contribution >= 0.6 is 0 Å². The minimum absolute atomic E-state index is 0.166. The van der Waals surface area contributed by atoms with E-state index in [0.29, 0.717) is 26.1 Å². The molecule has 0 aliphatic carbocycles. The summed E-state index contributed by atoms with van der Waals surface area (Å²) in [6.07, 6.45) is 1.44. The first kappa shape index (κ1) is 16.5. The molecule has 2 aliphatic heterocycles. The lowest BCUT2D eigenvalue weighted by Gasteiger charge is -2.36. The van der Waals surface area contributed by atoms with Crippen LogP contribution in [0, 0.1) is 0 Å². The predicted octanol–water partition coefficient (Wildman–Crippen LogP) is 2.41. The number of aromatic nitrogens is 1. The number of rotatable bonds is 2. The first-order chi connectivity index (χ1) is 11.3. The highest BCUT2D eigenvalue weighted by molar-refractivity contribution is 5.72. The predicted molar refractivity (Wildman–Crippen MR) is 86.3 cm³/mol. The summed E-state index contributed by atoms with van der Waals surface area (Å²) in [5.41, 5.74) is 0.258. The second kappa shape index (κ2) is 6.30. The standard InChI is InChI=1S/C17H23N3O4/c1-17(2,3)24-15(21)19-9-7-14-13(11-19)20(16(22)23-14)10-12-6-4-5-8-18-12/h4-6,8,13-14H,7,9-11H2,1-3H3. The normalized spacial score (nSPS) is 23.7. The summed E-state index contributed by atoms with van der Waals surface area (Å²) in [5.74, 6) is 0. The van der Waals surface area contributed by atoms with Crippen LogP contribution in [0.5, 0.6) is 0 Å². The van der Waals surface area contributed by atoms with Gasteiger partial charge >= 0.3 is 12.2 Å². The maximum absolute atomic E-state index is 12.3. The molecule has 2 atom stereocenters. The molecule has 0 bridgehead atoms. The van der Waals surface area contributed by atoms with E-state index >= 15 is 0 Å². The molecule has 3 rings (SSSR count). The van der Waals surface area contributed by atoms with Crippen LogP contribution in [0.4, 0.5) is 9.59 Å². The largest absolute Gasteiger partial charge is 0.444 e. The van der Waals surface area contributed by atoms with Gasteiger partial charge in [0.15, 0.2) is 0 Å². The molecule has 1 aromatic rings. The molecule has 2 unspecified atom stereocenters. The fourth-order valence-electron chi connectivity index (χ4n) is 3.02. The first-order valence-electron chi connectivity index (χ1n) is 8.18. The van der Waals surface area contributed by atoms with Crippen molar-refractivity contribution in [3.05, 3.63) is 30.1 Å². The Bertz CT molecular complexity index is 614. The second-order valence-electron chi connectivity index (χ2n) is 7.15. The lowest BCUT2D eigenvalue weighted by atomic mass is 10.0. The highest BCUT2D eigenvalue weighted by Gasteiger charge is 2.46. The van der Waals surface area contributed by atoms with Crippen LogP contribution in [0.25, 0.3) is 0 Å². The van der Waals surface area contributed by atoms with Gasteiger partial charge in [0.2, 0.25) is 0 Å². The van der Waals surface area contributed by atoms with Gasteiger partial charge in [0.25, 0.3) is 0 Å². The zero-order chi connectivity index (χ0) is 17.3. The minimum atomic E-state index is -0.538. The molecule has 2 saturated heterocycles. The summed E-state index contributed by atoms with van der Waals surface area (Å²) < 4.78 is 10.9. The number of hydrogen-bond donors (Lipinski definition) is 0. The Morgan fingerprint density at radius 2 is 2.21 bits per heavy atom. The molecule has 0 N–H and O–H groups in total. The van der Waals surface area contributed by atoms with Gasteiger partial charge in [-0.25, -0.2) is 9.59 Å². The van der Waals surface area contributed by atoms with E-state index in [1.807, 2.05) is 39.0 Å². The number of ether oxygens (including phenoxy) is 2. The average molecular weight is 333 g/mol. The quantitative estimate of drug-likeness (QED) is 0.831. The topological polar surface area (TPSA) is 72.0 Å². The van der Waals surface area contributed by atoms with Crippen LogP contribution in [0.2, 0.25) is 0 Å². The number of carbonyl (C=O) groups is 2. The molecule has 0 saturated carbocycles. The third-order valence-corrected chi connectivity index (χ3v) is 4.12. The Morgan fingerprint density at radius 1 is 1.42 bits per heavy atom. The molecule has 24 heavy (non-hydrogen) atoms. The van der Waals surface area contributed by atoms with E-state index in [1.165, 1.54) is 0 Å². The molecular weight excluding hydrogens is 310 g/mol. The molecule has 0 radical (unpaired) electrons. The number of hydrogen-bond acceptors (Lipinski definition) is 5. The number of nitrogens with zero attached hydrogens (tertiary/aromatic N) is 3. The molecule has 3 heterocycles. The van der Waals surface area contributed by atoms with Gasteiger partial charge in [-0.1, -0.05) is 6.07 Å². The van der Waals surface area contributed by atoms with E-state index in [4.69, 9.17) is 9.47 Å². The van der Waals surface area contributed by atoms with Gasteiger partial charge in [0.1, 0.15) is 11.7 Å². The van der Waals surface area contributed by atoms with Crippen LogP contribution in [-0.2, 0) is 16.0 Å². The maximum atomic E-state index is 12.3. The lowest BCUT2D eigenvalue weighted by molar-refractivity contribution is 0.00650. The smallest absolute Gasteiger partial charge is 0.410 e. The third kappa shape index (κ3) is 3.60. The summed E-state index contributed by atoms with van der Waals surface area (Å²) >= 11 is 0. The van der Waals surface area contributed by atoms with Crippen molar-refractivity contribution in [2.24, 2.45) is 0 Å². The molecule has 2 aliphatic rings. The van der Waals surface area contributed by atoms with Gasteiger partial charge in [-0.05, 0) is 32.9 Å². The Labute approximate surface area is 141 Å². The van der Waals surface area contributed by atoms with Crippen LogP contribution in [0.3, 0.4) is 0 Å². The molecule has 0 spiro atoms. The first-order valence-corrected chi connectivity index (χ1v) is 8.18. The highest BCUT2D eigenvalue weighted by atomic mass is 16.6. The van der Waals surface area contributed by atoms with E-state index in [9.17, 15) is 9.59 Å². The van der Waals surface area contributed by atoms with Crippen molar-refractivity contribution in [2.75, 3.05) is 13.1 Å². The summed E-state index contributed by atoms with van der Waals surface area (Å²) in [6, 6.07) is 5.42. The molecule has 7 heteroatoms. The van der Waals surface area contributed by atoms with E-state index in [2.05, 4.69) is 4.98 Å². The number of fused-ring (bicyclic) bond motifs is 1. The Balaban J connectivity index is 1.69. The third-order valence-electron chi connectivity index (χ3n) is 4.12. The number of carbonyl (C=O) groups excluding carboxylic acids is 2. The lowest BCUT2D eigenvalue weighted by Crippen LogP contribution is -2.53. The van der Waals surface area contributed by atoms with E-state index in [1.54, 1.807) is 16.0 Å². The van der Waals surface area contributed by atoms with Crippen LogP contribution in [0.15, 0.2) is 24.4 Å². The fourth-order valence-corrected chi connectivity index (χ4v) is 3.02. The molecule has 1 aromatic heterocycles. The van der Waals surface area contributed by atoms with E-state index in [0.717, 1.165) is 5.69 Å². The van der Waals surface area contributed by atoms with E-state index < -0.39 is 5.60 Å². The van der Waals surface area contributed by atoms with Gasteiger partial charge < -0.3 is 14.4 Å².